The molecule has 2 rings (SSSR count). The Morgan fingerprint density at radius 2 is 2.10 bits per heavy atom. The first-order chi connectivity index (χ1) is 10.2. The number of aromatic nitrogens is 2. The van der Waals surface area contributed by atoms with Crippen LogP contribution in [0.25, 0.3) is 0 Å². The number of nitrogens with one attached hydrogen (secondary N) is 1. The molecule has 1 heterocycles. The summed E-state index contributed by atoms with van der Waals surface area (Å²) in [5.74, 6) is 0. The highest BCUT2D eigenvalue weighted by molar-refractivity contribution is 9.10. The Morgan fingerprint density at radius 3 is 2.67 bits per heavy atom. The van der Waals surface area contributed by atoms with Gasteiger partial charge < -0.3 is 10.1 Å². The van der Waals surface area contributed by atoms with Crippen LogP contribution in [0.15, 0.2) is 39.8 Å². The zero-order valence-electron chi connectivity index (χ0n) is 12.5. The standard InChI is InChI=1S/C15H20BrN3OS/c1-17-14(11-4-6-12(21-3)7-5-11)15-13(16)10-18-19(15)8-9-20-2/h4-7,10,14,17H,8-9H2,1-3H3. The van der Waals surface area contributed by atoms with Crippen LogP contribution in [0.4, 0.5) is 0 Å². The highest BCUT2D eigenvalue weighted by Gasteiger charge is 2.20. The van der Waals surface area contributed by atoms with E-state index in [2.05, 4.69) is 56.9 Å². The van der Waals surface area contributed by atoms with Crippen molar-refractivity contribution in [3.8, 4) is 0 Å². The topological polar surface area (TPSA) is 39.1 Å². The molecule has 1 unspecified atom stereocenters. The highest BCUT2D eigenvalue weighted by atomic mass is 79.9. The van der Waals surface area contributed by atoms with Crippen LogP contribution in [-0.4, -0.2) is 36.8 Å². The number of halogens is 1. The third-order valence-corrected chi connectivity index (χ3v) is 4.71. The summed E-state index contributed by atoms with van der Waals surface area (Å²) in [6.45, 7) is 1.38. The maximum Gasteiger partial charge on any atom is 0.0757 e. The van der Waals surface area contributed by atoms with Gasteiger partial charge in [0.25, 0.3) is 0 Å². The van der Waals surface area contributed by atoms with Gasteiger partial charge in [-0.2, -0.15) is 5.10 Å². The molecule has 0 spiro atoms. The third-order valence-electron chi connectivity index (χ3n) is 3.35. The normalized spacial score (nSPS) is 12.6. The Morgan fingerprint density at radius 1 is 1.38 bits per heavy atom. The first-order valence-corrected chi connectivity index (χ1v) is 8.74. The van der Waals surface area contributed by atoms with Crippen LogP contribution in [0, 0.1) is 0 Å². The van der Waals surface area contributed by atoms with E-state index < -0.39 is 0 Å². The number of benzene rings is 1. The monoisotopic (exact) mass is 369 g/mol. The van der Waals surface area contributed by atoms with Gasteiger partial charge in [0, 0.05) is 12.0 Å². The van der Waals surface area contributed by atoms with Crippen LogP contribution in [0.5, 0.6) is 0 Å². The Kier molecular flexibility index (Phi) is 6.29. The Balaban J connectivity index is 2.33. The summed E-state index contributed by atoms with van der Waals surface area (Å²) < 4.78 is 8.15. The van der Waals surface area contributed by atoms with Gasteiger partial charge in [-0.25, -0.2) is 0 Å². The fourth-order valence-electron chi connectivity index (χ4n) is 2.27. The van der Waals surface area contributed by atoms with Gasteiger partial charge >= 0.3 is 0 Å². The number of methoxy groups -OCH3 is 1. The molecule has 2 aromatic rings. The van der Waals surface area contributed by atoms with Crippen LogP contribution < -0.4 is 5.32 Å². The maximum absolute atomic E-state index is 5.16. The molecule has 4 nitrogen and oxygen atoms in total. The van der Waals surface area contributed by atoms with Crippen molar-refractivity contribution in [2.45, 2.75) is 17.5 Å². The van der Waals surface area contributed by atoms with Crippen LogP contribution in [0.2, 0.25) is 0 Å². The lowest BCUT2D eigenvalue weighted by molar-refractivity contribution is 0.182. The second kappa shape index (κ2) is 7.98. The molecule has 0 saturated carbocycles. The van der Waals surface area contributed by atoms with Crippen molar-refractivity contribution in [1.29, 1.82) is 0 Å². The highest BCUT2D eigenvalue weighted by Crippen LogP contribution is 2.29. The van der Waals surface area contributed by atoms with Crippen LogP contribution in [0.3, 0.4) is 0 Å². The Labute approximate surface area is 138 Å². The quantitative estimate of drug-likeness (QED) is 0.759. The summed E-state index contributed by atoms with van der Waals surface area (Å²) in [5, 5.41) is 7.80. The maximum atomic E-state index is 5.16. The van der Waals surface area contributed by atoms with E-state index in [0.717, 1.165) is 16.7 Å². The lowest BCUT2D eigenvalue weighted by Gasteiger charge is -2.19. The number of ether oxygens (including phenoxy) is 1. The molecule has 21 heavy (non-hydrogen) atoms. The third kappa shape index (κ3) is 3.88. The predicted octanol–water partition coefficient (Wildman–Crippen LogP) is 3.32. The van der Waals surface area contributed by atoms with Gasteiger partial charge in [-0.1, -0.05) is 12.1 Å². The summed E-state index contributed by atoms with van der Waals surface area (Å²) >= 11 is 5.36. The second-order valence-electron chi connectivity index (χ2n) is 4.59. The number of rotatable bonds is 7. The van der Waals surface area contributed by atoms with Crippen molar-refractivity contribution >= 4 is 27.7 Å². The largest absolute Gasteiger partial charge is 0.383 e. The summed E-state index contributed by atoms with van der Waals surface area (Å²) in [4.78, 5) is 1.26. The van der Waals surface area contributed by atoms with Crippen LogP contribution in [-0.2, 0) is 11.3 Å². The Bertz CT molecular complexity index is 571. The fourth-order valence-corrected chi connectivity index (χ4v) is 3.21. The molecule has 0 aliphatic rings. The van der Waals surface area contributed by atoms with E-state index >= 15 is 0 Å². The van der Waals surface area contributed by atoms with E-state index in [-0.39, 0.29) is 6.04 Å². The summed E-state index contributed by atoms with van der Waals surface area (Å²) in [5.41, 5.74) is 2.33. The van der Waals surface area contributed by atoms with E-state index in [1.54, 1.807) is 18.9 Å². The van der Waals surface area contributed by atoms with E-state index in [1.807, 2.05) is 17.9 Å². The average Bonchev–Trinajstić information content (AvgIpc) is 2.88. The SMILES string of the molecule is CNC(c1ccc(SC)cc1)c1c(Br)cnn1CCOC. The van der Waals surface area contributed by atoms with E-state index in [4.69, 9.17) is 4.74 Å². The van der Waals surface area contributed by atoms with Crippen molar-refractivity contribution in [1.82, 2.24) is 15.1 Å². The molecule has 0 amide bonds. The van der Waals surface area contributed by atoms with E-state index in [1.165, 1.54) is 10.5 Å². The summed E-state index contributed by atoms with van der Waals surface area (Å²) in [6, 6.07) is 8.71. The number of nitrogens with zero attached hydrogens (tertiary/aromatic N) is 2. The molecule has 1 aromatic heterocycles. The van der Waals surface area contributed by atoms with Gasteiger partial charge in [0.15, 0.2) is 0 Å². The molecule has 0 saturated heterocycles. The average molecular weight is 370 g/mol. The molecule has 0 aliphatic heterocycles. The van der Waals surface area contributed by atoms with Crippen LogP contribution in [0.1, 0.15) is 17.3 Å². The minimum Gasteiger partial charge on any atom is -0.383 e. The molecule has 0 radical (unpaired) electrons. The summed E-state index contributed by atoms with van der Waals surface area (Å²) in [6.07, 6.45) is 3.92. The van der Waals surface area contributed by atoms with Crippen molar-refractivity contribution in [2.75, 3.05) is 27.0 Å². The minimum atomic E-state index is 0.0923. The number of thioether (sulfide) groups is 1. The van der Waals surface area contributed by atoms with Crippen molar-refractivity contribution in [2.24, 2.45) is 0 Å². The first kappa shape index (κ1) is 16.5. The van der Waals surface area contributed by atoms with Gasteiger partial charge in [0.05, 0.1) is 35.6 Å². The molecular weight excluding hydrogens is 350 g/mol. The van der Waals surface area contributed by atoms with Crippen molar-refractivity contribution in [3.05, 3.63) is 46.2 Å². The first-order valence-electron chi connectivity index (χ1n) is 6.72. The predicted molar refractivity (Wildman–Crippen MR) is 90.9 cm³/mol. The molecule has 114 valence electrons. The number of hydrogen-bond donors (Lipinski definition) is 1. The van der Waals surface area contributed by atoms with Gasteiger partial charge in [-0.05, 0) is 46.9 Å². The molecule has 1 N–H and O–H groups in total. The zero-order chi connectivity index (χ0) is 15.2. The lowest BCUT2D eigenvalue weighted by Crippen LogP contribution is -2.23. The van der Waals surface area contributed by atoms with E-state index in [0.29, 0.717) is 6.61 Å². The van der Waals surface area contributed by atoms with E-state index in [9.17, 15) is 0 Å². The lowest BCUT2D eigenvalue weighted by atomic mass is 10.0. The second-order valence-corrected chi connectivity index (χ2v) is 6.32. The molecule has 1 aromatic carbocycles. The fraction of sp³-hybridized carbons (Fsp3) is 0.400. The van der Waals surface area contributed by atoms with Gasteiger partial charge in [0.1, 0.15) is 0 Å². The smallest absolute Gasteiger partial charge is 0.0757 e. The molecule has 0 fully saturated rings. The zero-order valence-corrected chi connectivity index (χ0v) is 14.9. The summed E-state index contributed by atoms with van der Waals surface area (Å²) in [7, 11) is 3.67. The van der Waals surface area contributed by atoms with Crippen LogP contribution >= 0.6 is 27.7 Å². The number of hydrogen-bond acceptors (Lipinski definition) is 4. The van der Waals surface area contributed by atoms with Crippen molar-refractivity contribution in [3.63, 3.8) is 0 Å². The molecular formula is C15H20BrN3OS. The molecule has 1 atom stereocenters. The van der Waals surface area contributed by atoms with Gasteiger partial charge in [-0.15, -0.1) is 11.8 Å². The molecule has 6 heteroatoms. The van der Waals surface area contributed by atoms with Gasteiger partial charge in [-0.3, -0.25) is 4.68 Å². The Hall–Kier alpha value is -0.820. The van der Waals surface area contributed by atoms with Gasteiger partial charge in [0.2, 0.25) is 0 Å². The molecule has 0 aliphatic carbocycles. The minimum absolute atomic E-state index is 0.0923. The molecule has 0 bridgehead atoms. The van der Waals surface area contributed by atoms with Crippen molar-refractivity contribution < 1.29 is 4.74 Å².